The largest absolute Gasteiger partial charge is 0.508 e. The van der Waals surface area contributed by atoms with Gasteiger partial charge in [0.1, 0.15) is 29.7 Å². The van der Waals surface area contributed by atoms with Crippen molar-refractivity contribution >= 4 is 65.8 Å². The number of nitrogens with two attached hydrogens (primary N) is 1. The Bertz CT molecular complexity index is 4280. The Morgan fingerprint density at radius 2 is 1.25 bits per heavy atom. The first-order valence-electron chi connectivity index (χ1n) is 31.3. The Labute approximate surface area is 550 Å². The number of rotatable bonds is 31. The number of unbranched alkanes of at least 4 members (excludes halogenated alkanes) is 2. The summed E-state index contributed by atoms with van der Waals surface area (Å²) in [5.41, 5.74) is 6.29. The predicted molar refractivity (Wildman–Crippen MR) is 352 cm³/mol. The van der Waals surface area contributed by atoms with Gasteiger partial charge < -0.3 is 56.2 Å². The van der Waals surface area contributed by atoms with Gasteiger partial charge in [-0.25, -0.2) is 4.79 Å². The van der Waals surface area contributed by atoms with E-state index in [2.05, 4.69) is 21.3 Å². The van der Waals surface area contributed by atoms with Crippen LogP contribution < -0.4 is 32.4 Å². The van der Waals surface area contributed by atoms with Crippen LogP contribution in [0.2, 0.25) is 0 Å². The fourth-order valence-corrected chi connectivity index (χ4v) is 12.3. The standard InChI is InChI=1S/C72H72F2N5O16P/c1-3-42-18-22-44(23-19-42)68(86)76-32-10-8-16-59(78-70(88)46(35-43-20-25-47(26-21-43)72(73,74)96(91,92)93)37-64(83)94-40-58-52-14-6-4-12-50(52)51-13-5-7-15-53(51)58)61(82)34-41(2)67(85)79-60(66(75)84)17-9-11-33-77-69(87)45-24-29-54(57(36-45)71(89)90)65-55-30-27-48(80)38-62(55)95-63-39-49(81)28-31-56(63)65/h4-7,12-15,18-31,36,38-39,41,46,58-60,80H,3,8-11,16-17,32-35,37,40H2,1-2H3,(H2,75,84)(H,76,86)(H,77,87)(H,78,88)(H,79,85)(H,89,90)(H2,91,92,93). The van der Waals surface area contributed by atoms with E-state index in [0.29, 0.717) is 28.5 Å². The Morgan fingerprint density at radius 3 is 1.86 bits per heavy atom. The van der Waals surface area contributed by atoms with E-state index in [-0.39, 0.29) is 115 Å². The maximum Gasteiger partial charge on any atom is 0.399 e. The van der Waals surface area contributed by atoms with Gasteiger partial charge in [0.25, 0.3) is 11.8 Å². The van der Waals surface area contributed by atoms with Crippen molar-refractivity contribution in [3.05, 3.63) is 206 Å². The number of phenols is 1. The van der Waals surface area contributed by atoms with Crippen molar-refractivity contribution in [3.8, 4) is 39.3 Å². The van der Waals surface area contributed by atoms with Gasteiger partial charge in [-0.3, -0.25) is 42.9 Å². The fourth-order valence-electron chi connectivity index (χ4n) is 11.8. The molecule has 0 saturated heterocycles. The number of fused-ring (bicyclic) bond motifs is 5. The lowest BCUT2D eigenvalue weighted by molar-refractivity contribution is -0.147. The molecule has 4 unspecified atom stereocenters. The second-order valence-electron chi connectivity index (χ2n) is 23.8. The van der Waals surface area contributed by atoms with Crippen molar-refractivity contribution in [1.82, 2.24) is 21.3 Å². The minimum absolute atomic E-state index is 0.00547. The van der Waals surface area contributed by atoms with Crippen molar-refractivity contribution in [3.63, 3.8) is 0 Å². The molecule has 0 aromatic heterocycles. The number of alkyl halides is 2. The molecule has 1 aliphatic heterocycles. The number of primary amides is 1. The minimum Gasteiger partial charge on any atom is -0.508 e. The SMILES string of the molecule is CCc1ccc(C(=O)NCCCCC(NC(=O)C(CC(=O)OCC2c3ccccc3-c3ccccc32)Cc2ccc(C(F)(F)P(=O)(O)O)cc2)C(=O)CC(C)C(=O)NC(CCCCNC(=O)c2ccc(-c3c4ccc(=O)cc-4oc4cc(O)ccc34)c(C(=O)O)c2)C(N)=O)cc1. The monoisotopic (exact) mass is 1330 g/mol. The van der Waals surface area contributed by atoms with Crippen molar-refractivity contribution in [2.75, 3.05) is 19.7 Å². The number of phenolic OH excluding ortho intramolecular Hbond substituents is 1. The quantitative estimate of drug-likeness (QED) is 0.00844. The van der Waals surface area contributed by atoms with Gasteiger partial charge in [-0.1, -0.05) is 105 Å². The molecule has 0 saturated carbocycles. The number of aryl methyl sites for hydroxylation is 1. The molecule has 21 nitrogen and oxygen atoms in total. The number of carboxylic acid groups (broad SMARTS) is 1. The Balaban J connectivity index is 0.850. The molecular weight excluding hydrogens is 1260 g/mol. The Kier molecular flexibility index (Phi) is 22.6. The van der Waals surface area contributed by atoms with Crippen LogP contribution in [0.4, 0.5) is 8.78 Å². The van der Waals surface area contributed by atoms with Crippen molar-refractivity contribution < 1.29 is 80.9 Å². The summed E-state index contributed by atoms with van der Waals surface area (Å²) in [6.07, 6.45) is 0.502. The molecule has 0 bridgehead atoms. The molecule has 6 aromatic rings. The molecule has 0 fully saturated rings. The van der Waals surface area contributed by atoms with E-state index in [0.717, 1.165) is 58.5 Å². The number of carbonyl (C=O) groups is 8. The van der Waals surface area contributed by atoms with E-state index in [1.165, 1.54) is 55.5 Å². The van der Waals surface area contributed by atoms with Crippen LogP contribution in [0.15, 0.2) is 161 Å². The molecule has 10 N–H and O–H groups in total. The summed E-state index contributed by atoms with van der Waals surface area (Å²) in [7, 11) is -5.94. The second-order valence-corrected chi connectivity index (χ2v) is 25.5. The average Bonchev–Trinajstić information content (AvgIpc) is 1.24. The van der Waals surface area contributed by atoms with Crippen LogP contribution in [0.3, 0.4) is 0 Å². The van der Waals surface area contributed by atoms with Crippen LogP contribution in [-0.2, 0) is 51.8 Å². The summed E-state index contributed by atoms with van der Waals surface area (Å²) in [6, 6.07) is 36.2. The number of carbonyl (C=O) groups excluding carboxylic acids is 7. The predicted octanol–water partition coefficient (Wildman–Crippen LogP) is 9.91. The molecule has 3 aliphatic rings. The number of nitrogens with one attached hydrogen (secondary N) is 4. The number of ketones is 1. The van der Waals surface area contributed by atoms with Gasteiger partial charge in [0.15, 0.2) is 11.2 Å². The number of Topliss-reactive ketones (excluding diaryl/α,β-unsaturated/α-hetero) is 1. The van der Waals surface area contributed by atoms with E-state index < -0.39 is 96.9 Å². The molecule has 5 amide bonds. The average molecular weight is 1330 g/mol. The van der Waals surface area contributed by atoms with Gasteiger partial charge in [-0.2, -0.15) is 8.78 Å². The summed E-state index contributed by atoms with van der Waals surface area (Å²) in [4.78, 5) is 140. The van der Waals surface area contributed by atoms with E-state index in [1.54, 1.807) is 18.2 Å². The smallest absolute Gasteiger partial charge is 0.399 e. The number of amides is 5. The van der Waals surface area contributed by atoms with E-state index in [9.17, 15) is 76.5 Å². The zero-order valence-electron chi connectivity index (χ0n) is 52.5. The normalized spacial score (nSPS) is 13.4. The summed E-state index contributed by atoms with van der Waals surface area (Å²) >= 11 is 0. The molecule has 96 heavy (non-hydrogen) atoms. The third-order valence-electron chi connectivity index (χ3n) is 17.1. The molecule has 0 radical (unpaired) electrons. The highest BCUT2D eigenvalue weighted by atomic mass is 31.2. The van der Waals surface area contributed by atoms with Crippen LogP contribution in [0, 0.1) is 11.8 Å². The molecule has 24 heteroatoms. The van der Waals surface area contributed by atoms with Crippen molar-refractivity contribution in [2.24, 2.45) is 17.6 Å². The van der Waals surface area contributed by atoms with Crippen LogP contribution in [0.25, 0.3) is 44.5 Å². The maximum atomic E-state index is 14.8. The highest BCUT2D eigenvalue weighted by Crippen LogP contribution is 2.59. The van der Waals surface area contributed by atoms with Crippen LogP contribution in [-0.4, -0.2) is 99.0 Å². The van der Waals surface area contributed by atoms with Crippen LogP contribution in [0.1, 0.15) is 130 Å². The lowest BCUT2D eigenvalue weighted by Crippen LogP contribution is -2.48. The zero-order chi connectivity index (χ0) is 69.0. The van der Waals surface area contributed by atoms with Crippen molar-refractivity contribution in [2.45, 2.75) is 102 Å². The van der Waals surface area contributed by atoms with Gasteiger partial charge >= 0.3 is 25.2 Å². The molecule has 4 atom stereocenters. The number of carboxylic acids is 1. The second kappa shape index (κ2) is 30.9. The third-order valence-corrected chi connectivity index (χ3v) is 18.1. The first-order valence-corrected chi connectivity index (χ1v) is 32.9. The van der Waals surface area contributed by atoms with Gasteiger partial charge in [0, 0.05) is 76.7 Å². The van der Waals surface area contributed by atoms with E-state index in [1.807, 2.05) is 67.6 Å². The van der Waals surface area contributed by atoms with Gasteiger partial charge in [-0.15, -0.1) is 0 Å². The number of ether oxygens (including phenoxy) is 1. The topological polar surface area (TPSA) is 348 Å². The highest BCUT2D eigenvalue weighted by molar-refractivity contribution is 7.52. The first-order chi connectivity index (χ1) is 45.8. The maximum absolute atomic E-state index is 14.8. The summed E-state index contributed by atoms with van der Waals surface area (Å²) in [5, 5.41) is 32.0. The summed E-state index contributed by atoms with van der Waals surface area (Å²) in [5.74, 6) is -8.96. The van der Waals surface area contributed by atoms with E-state index >= 15 is 0 Å². The number of halogens is 2. The van der Waals surface area contributed by atoms with Crippen LogP contribution in [0.5, 0.6) is 5.75 Å². The number of hydrogen-bond donors (Lipinski definition) is 9. The van der Waals surface area contributed by atoms with Crippen LogP contribution >= 0.6 is 7.60 Å². The molecule has 0 spiro atoms. The number of aromatic hydroxyl groups is 1. The number of esters is 1. The van der Waals surface area contributed by atoms with Gasteiger partial charge in [-0.05, 0) is 139 Å². The number of aromatic carboxylic acids is 1. The number of benzene rings is 7. The third kappa shape index (κ3) is 16.8. The van der Waals surface area contributed by atoms with Gasteiger partial charge in [0.2, 0.25) is 17.7 Å². The first kappa shape index (κ1) is 70.1. The molecule has 2 aliphatic carbocycles. The highest BCUT2D eigenvalue weighted by Gasteiger charge is 2.50. The molecule has 6 aromatic carbocycles. The fraction of sp³-hybridized carbons (Fsp3) is 0.292. The number of hydrogen-bond acceptors (Lipinski definition) is 13. The molecule has 9 rings (SSSR count). The van der Waals surface area contributed by atoms with Gasteiger partial charge in [0.05, 0.1) is 23.9 Å². The lowest BCUT2D eigenvalue weighted by Gasteiger charge is -2.24. The Morgan fingerprint density at radius 1 is 0.667 bits per heavy atom. The molecule has 500 valence electrons. The van der Waals surface area contributed by atoms with E-state index in [4.69, 9.17) is 14.9 Å². The zero-order valence-corrected chi connectivity index (χ0v) is 53.4. The summed E-state index contributed by atoms with van der Waals surface area (Å²) < 4.78 is 53.0. The lowest BCUT2D eigenvalue weighted by atomic mass is 9.90. The minimum atomic E-state index is -5.94. The molecule has 1 heterocycles. The molecular formula is C72H72F2N5O16P. The van der Waals surface area contributed by atoms with Crippen molar-refractivity contribution in [1.29, 1.82) is 0 Å². The summed E-state index contributed by atoms with van der Waals surface area (Å²) in [6.45, 7) is 3.54. The Hall–Kier alpha value is -10.2.